The summed E-state index contributed by atoms with van der Waals surface area (Å²) in [5, 5.41) is 14.5. The smallest absolute Gasteiger partial charge is 0.188 e. The van der Waals surface area contributed by atoms with Crippen molar-refractivity contribution in [3.8, 4) is 0 Å². The molecule has 4 heteroatoms. The Labute approximate surface area is 166 Å². The summed E-state index contributed by atoms with van der Waals surface area (Å²) < 4.78 is 0. The largest absolute Gasteiger partial charge is 0.383 e. The molecular formula is C24H27N3O. The van der Waals surface area contributed by atoms with Crippen molar-refractivity contribution in [2.75, 3.05) is 13.1 Å². The molecule has 4 N–H and O–H groups in total. The van der Waals surface area contributed by atoms with E-state index in [2.05, 4.69) is 22.4 Å². The molecule has 0 saturated heterocycles. The van der Waals surface area contributed by atoms with Gasteiger partial charge in [0, 0.05) is 13.0 Å². The fourth-order valence-corrected chi connectivity index (χ4v) is 3.18. The highest BCUT2D eigenvalue weighted by Gasteiger charge is 2.29. The Morgan fingerprint density at radius 3 is 1.96 bits per heavy atom. The van der Waals surface area contributed by atoms with Crippen LogP contribution in [0.5, 0.6) is 0 Å². The van der Waals surface area contributed by atoms with Crippen molar-refractivity contribution in [1.29, 1.82) is 0 Å². The lowest BCUT2D eigenvalue weighted by atomic mass is 9.87. The van der Waals surface area contributed by atoms with E-state index in [1.165, 1.54) is 5.56 Å². The van der Waals surface area contributed by atoms with Gasteiger partial charge >= 0.3 is 0 Å². The van der Waals surface area contributed by atoms with Crippen molar-refractivity contribution in [2.24, 2.45) is 10.7 Å². The van der Waals surface area contributed by atoms with Gasteiger partial charge in [-0.1, -0.05) is 91.0 Å². The summed E-state index contributed by atoms with van der Waals surface area (Å²) in [4.78, 5) is 4.43. The minimum Gasteiger partial charge on any atom is -0.383 e. The minimum absolute atomic E-state index is 0.191. The fraction of sp³-hybridized carbons (Fsp3) is 0.208. The zero-order valence-electron chi connectivity index (χ0n) is 16.0. The van der Waals surface area contributed by atoms with Gasteiger partial charge in [0.25, 0.3) is 0 Å². The summed E-state index contributed by atoms with van der Waals surface area (Å²) in [7, 11) is 0. The second kappa shape index (κ2) is 9.72. The number of benzene rings is 3. The van der Waals surface area contributed by atoms with E-state index in [1.54, 1.807) is 0 Å². The zero-order valence-corrected chi connectivity index (χ0v) is 16.0. The SMILES string of the molecule is NC(=NCC(O)(Cc1ccccc1)c1ccccc1)NCCc1ccccc1. The van der Waals surface area contributed by atoms with Gasteiger partial charge in [0.1, 0.15) is 5.60 Å². The highest BCUT2D eigenvalue weighted by Crippen LogP contribution is 2.26. The Bertz CT molecular complexity index is 866. The predicted molar refractivity (Wildman–Crippen MR) is 115 cm³/mol. The third kappa shape index (κ3) is 5.69. The van der Waals surface area contributed by atoms with E-state index in [4.69, 9.17) is 5.73 Å². The van der Waals surface area contributed by atoms with Crippen LogP contribution < -0.4 is 11.1 Å². The predicted octanol–water partition coefficient (Wildman–Crippen LogP) is 3.26. The highest BCUT2D eigenvalue weighted by atomic mass is 16.3. The molecule has 144 valence electrons. The van der Waals surface area contributed by atoms with Gasteiger partial charge in [0.2, 0.25) is 0 Å². The molecule has 0 heterocycles. The van der Waals surface area contributed by atoms with Gasteiger partial charge < -0.3 is 16.2 Å². The molecule has 0 saturated carbocycles. The van der Waals surface area contributed by atoms with Gasteiger partial charge in [0.05, 0.1) is 6.54 Å². The second-order valence-electron chi connectivity index (χ2n) is 6.92. The van der Waals surface area contributed by atoms with E-state index in [9.17, 15) is 5.11 Å². The molecule has 4 nitrogen and oxygen atoms in total. The van der Waals surface area contributed by atoms with Crippen LogP contribution in [-0.4, -0.2) is 24.2 Å². The Morgan fingerprint density at radius 1 is 0.821 bits per heavy atom. The van der Waals surface area contributed by atoms with Gasteiger partial charge in [-0.05, 0) is 23.1 Å². The maximum atomic E-state index is 11.4. The topological polar surface area (TPSA) is 70.6 Å². The molecule has 28 heavy (non-hydrogen) atoms. The number of hydrogen-bond acceptors (Lipinski definition) is 2. The van der Waals surface area contributed by atoms with Crippen molar-refractivity contribution >= 4 is 5.96 Å². The van der Waals surface area contributed by atoms with Gasteiger partial charge in [-0.2, -0.15) is 0 Å². The first kappa shape index (κ1) is 19.6. The zero-order chi connectivity index (χ0) is 19.7. The van der Waals surface area contributed by atoms with Crippen LogP contribution in [0.4, 0.5) is 0 Å². The normalized spacial score (nSPS) is 13.7. The number of aliphatic hydroxyl groups is 1. The average molecular weight is 374 g/mol. The number of nitrogens with one attached hydrogen (secondary N) is 1. The maximum Gasteiger partial charge on any atom is 0.188 e. The number of nitrogens with zero attached hydrogens (tertiary/aromatic N) is 1. The van der Waals surface area contributed by atoms with Crippen LogP contribution in [0.2, 0.25) is 0 Å². The number of aliphatic imine (C=N–C) groups is 1. The second-order valence-corrected chi connectivity index (χ2v) is 6.92. The van der Waals surface area contributed by atoms with Crippen LogP contribution in [0.15, 0.2) is 96.0 Å². The van der Waals surface area contributed by atoms with Gasteiger partial charge in [-0.15, -0.1) is 0 Å². The summed E-state index contributed by atoms with van der Waals surface area (Å²) >= 11 is 0. The van der Waals surface area contributed by atoms with Crippen LogP contribution in [-0.2, 0) is 18.4 Å². The molecule has 0 aliphatic rings. The fourth-order valence-electron chi connectivity index (χ4n) is 3.18. The lowest BCUT2D eigenvalue weighted by molar-refractivity contribution is 0.0467. The van der Waals surface area contributed by atoms with Crippen LogP contribution in [0, 0.1) is 0 Å². The van der Waals surface area contributed by atoms with Crippen LogP contribution in [0.1, 0.15) is 16.7 Å². The van der Waals surface area contributed by atoms with Crippen molar-refractivity contribution in [3.63, 3.8) is 0 Å². The van der Waals surface area contributed by atoms with E-state index in [-0.39, 0.29) is 6.54 Å². The minimum atomic E-state index is -1.12. The van der Waals surface area contributed by atoms with Crippen LogP contribution in [0.3, 0.4) is 0 Å². The van der Waals surface area contributed by atoms with E-state index in [0.717, 1.165) is 17.5 Å². The first-order chi connectivity index (χ1) is 13.7. The molecule has 3 aromatic rings. The summed E-state index contributed by atoms with van der Waals surface area (Å²) in [6, 6.07) is 29.8. The van der Waals surface area contributed by atoms with E-state index < -0.39 is 5.60 Å². The number of hydrogen-bond donors (Lipinski definition) is 3. The number of guanidine groups is 1. The van der Waals surface area contributed by atoms with Crippen molar-refractivity contribution in [1.82, 2.24) is 5.32 Å². The molecule has 0 aliphatic carbocycles. The third-order valence-electron chi connectivity index (χ3n) is 4.72. The molecule has 0 aliphatic heterocycles. The third-order valence-corrected chi connectivity index (χ3v) is 4.72. The van der Waals surface area contributed by atoms with Gasteiger partial charge in [0.15, 0.2) is 5.96 Å². The summed E-state index contributed by atoms with van der Waals surface area (Å²) in [5.41, 5.74) is 8.06. The van der Waals surface area contributed by atoms with Crippen LogP contribution >= 0.6 is 0 Å². The number of nitrogens with two attached hydrogens (primary N) is 1. The summed E-state index contributed by atoms with van der Waals surface area (Å²) in [6.07, 6.45) is 1.34. The average Bonchev–Trinajstić information content (AvgIpc) is 2.74. The first-order valence-electron chi connectivity index (χ1n) is 9.55. The van der Waals surface area contributed by atoms with E-state index in [1.807, 2.05) is 78.9 Å². The number of rotatable bonds is 8. The van der Waals surface area contributed by atoms with E-state index in [0.29, 0.717) is 18.9 Å². The summed E-state index contributed by atoms with van der Waals surface area (Å²) in [5.74, 6) is 0.346. The van der Waals surface area contributed by atoms with Crippen LogP contribution in [0.25, 0.3) is 0 Å². The van der Waals surface area contributed by atoms with Gasteiger partial charge in [-0.3, -0.25) is 4.99 Å². The van der Waals surface area contributed by atoms with Gasteiger partial charge in [-0.25, -0.2) is 0 Å². The van der Waals surface area contributed by atoms with Crippen molar-refractivity contribution < 1.29 is 5.11 Å². The lowest BCUT2D eigenvalue weighted by Gasteiger charge is -2.27. The van der Waals surface area contributed by atoms with E-state index >= 15 is 0 Å². The molecule has 1 atom stereocenters. The molecule has 0 bridgehead atoms. The molecule has 0 aromatic heterocycles. The highest BCUT2D eigenvalue weighted by molar-refractivity contribution is 5.77. The molecular weight excluding hydrogens is 346 g/mol. The Hall–Kier alpha value is -3.11. The Kier molecular flexibility index (Phi) is 6.82. The molecule has 1 unspecified atom stereocenters. The van der Waals surface area contributed by atoms with Crippen molar-refractivity contribution in [2.45, 2.75) is 18.4 Å². The molecule has 0 spiro atoms. The summed E-state index contributed by atoms with van der Waals surface area (Å²) in [6.45, 7) is 0.887. The monoisotopic (exact) mass is 373 g/mol. The Morgan fingerprint density at radius 2 is 1.36 bits per heavy atom. The molecule has 0 fully saturated rings. The Balaban J connectivity index is 1.66. The first-order valence-corrected chi connectivity index (χ1v) is 9.55. The molecule has 3 rings (SSSR count). The standard InChI is InChI=1S/C24H27N3O/c25-23(26-17-16-20-10-4-1-5-11-20)27-19-24(28,22-14-8-3-9-15-22)18-21-12-6-2-7-13-21/h1-15,28H,16-19H2,(H3,25,26,27). The van der Waals surface area contributed by atoms with Crippen molar-refractivity contribution in [3.05, 3.63) is 108 Å². The quantitative estimate of drug-likeness (QED) is 0.419. The molecule has 0 radical (unpaired) electrons. The molecule has 0 amide bonds. The maximum absolute atomic E-state index is 11.4. The molecule has 3 aromatic carbocycles. The lowest BCUT2D eigenvalue weighted by Crippen LogP contribution is -2.37.